The van der Waals surface area contributed by atoms with Gasteiger partial charge in [0, 0.05) is 13.1 Å². The summed E-state index contributed by atoms with van der Waals surface area (Å²) in [7, 11) is 0. The maximum absolute atomic E-state index is 11.9. The summed E-state index contributed by atoms with van der Waals surface area (Å²) in [6, 6.07) is 0. The Kier molecular flexibility index (Phi) is 3.25. The number of carbonyl (C=O) groups excluding carboxylic acids is 1. The first-order valence-corrected chi connectivity index (χ1v) is 6.48. The lowest BCUT2D eigenvalue weighted by molar-refractivity contribution is -0.142. The maximum Gasteiger partial charge on any atom is 0.410 e. The van der Waals surface area contributed by atoms with Crippen molar-refractivity contribution in [2.75, 3.05) is 13.1 Å². The fourth-order valence-electron chi connectivity index (χ4n) is 2.57. The number of rotatable bonds is 2. The van der Waals surface area contributed by atoms with E-state index in [-0.39, 0.29) is 12.5 Å². The minimum atomic E-state index is -0.794. The van der Waals surface area contributed by atoms with Crippen molar-refractivity contribution in [2.24, 2.45) is 17.8 Å². The smallest absolute Gasteiger partial charge is 0.410 e. The first-order valence-electron chi connectivity index (χ1n) is 6.48. The van der Waals surface area contributed by atoms with Gasteiger partial charge < -0.3 is 14.7 Å². The third kappa shape index (κ3) is 2.94. The van der Waals surface area contributed by atoms with Gasteiger partial charge in [0.25, 0.3) is 0 Å². The predicted octanol–water partition coefficient (Wildman–Crippen LogP) is 1.96. The number of nitrogens with zero attached hydrogens (tertiary/aromatic N) is 1. The molecule has 2 fully saturated rings. The van der Waals surface area contributed by atoms with Crippen LogP contribution in [0.3, 0.4) is 0 Å². The van der Waals surface area contributed by atoms with E-state index in [4.69, 9.17) is 4.74 Å². The Morgan fingerprint density at radius 2 is 1.83 bits per heavy atom. The van der Waals surface area contributed by atoms with Crippen LogP contribution in [-0.2, 0) is 9.53 Å². The molecule has 2 rings (SSSR count). The lowest BCUT2D eigenvalue weighted by Gasteiger charge is -2.24. The quantitative estimate of drug-likeness (QED) is 0.819. The average molecular weight is 255 g/mol. The van der Waals surface area contributed by atoms with Crippen molar-refractivity contribution in [3.05, 3.63) is 0 Å². The predicted molar refractivity (Wildman–Crippen MR) is 65.1 cm³/mol. The van der Waals surface area contributed by atoms with Crippen molar-refractivity contribution in [3.63, 3.8) is 0 Å². The van der Waals surface area contributed by atoms with E-state index in [1.165, 1.54) is 0 Å². The Labute approximate surface area is 107 Å². The summed E-state index contributed by atoms with van der Waals surface area (Å²) < 4.78 is 5.29. The lowest BCUT2D eigenvalue weighted by atomic mass is 9.92. The number of hydrogen-bond donors (Lipinski definition) is 1. The van der Waals surface area contributed by atoms with E-state index in [2.05, 4.69) is 0 Å². The number of carboxylic acid groups (broad SMARTS) is 1. The van der Waals surface area contributed by atoms with Crippen LogP contribution >= 0.6 is 0 Å². The summed E-state index contributed by atoms with van der Waals surface area (Å²) in [6.07, 6.45) is 1.80. The Hall–Kier alpha value is -1.26. The van der Waals surface area contributed by atoms with E-state index in [9.17, 15) is 14.7 Å². The number of aliphatic carboxylic acids is 1. The first kappa shape index (κ1) is 13.2. The second-order valence-corrected chi connectivity index (χ2v) is 6.33. The summed E-state index contributed by atoms with van der Waals surface area (Å²) in [5, 5.41) is 9.21. The van der Waals surface area contributed by atoms with Crippen molar-refractivity contribution in [1.29, 1.82) is 0 Å². The molecule has 1 heterocycles. The van der Waals surface area contributed by atoms with E-state index in [1.807, 2.05) is 20.8 Å². The molecular formula is C13H21NO4. The molecule has 1 saturated carbocycles. The second-order valence-electron chi connectivity index (χ2n) is 6.33. The van der Waals surface area contributed by atoms with Crippen molar-refractivity contribution in [3.8, 4) is 0 Å². The number of ether oxygens (including phenoxy) is 1. The minimum Gasteiger partial charge on any atom is -0.481 e. The van der Waals surface area contributed by atoms with Crippen molar-refractivity contribution in [2.45, 2.75) is 39.2 Å². The fourth-order valence-corrected chi connectivity index (χ4v) is 2.57. The van der Waals surface area contributed by atoms with Gasteiger partial charge in [0.15, 0.2) is 0 Å². The standard InChI is InChI=1S/C13H21NO4/c1-13(2,3)18-12(17)14-6-9(8-4-5-8)10(7-14)11(15)16/h8-10H,4-7H2,1-3H3,(H,15,16)/t9-,10+/m1/s1. The largest absolute Gasteiger partial charge is 0.481 e. The first-order chi connectivity index (χ1) is 8.28. The molecule has 1 aliphatic heterocycles. The van der Waals surface area contributed by atoms with Crippen LogP contribution in [0.2, 0.25) is 0 Å². The third-order valence-electron chi connectivity index (χ3n) is 3.56. The molecule has 18 heavy (non-hydrogen) atoms. The third-order valence-corrected chi connectivity index (χ3v) is 3.56. The Balaban J connectivity index is 1.99. The van der Waals surface area contributed by atoms with E-state index in [0.29, 0.717) is 12.5 Å². The number of hydrogen-bond acceptors (Lipinski definition) is 3. The van der Waals surface area contributed by atoms with E-state index >= 15 is 0 Å². The molecule has 1 saturated heterocycles. The summed E-state index contributed by atoms with van der Waals surface area (Å²) >= 11 is 0. The van der Waals surface area contributed by atoms with Gasteiger partial charge in [-0.3, -0.25) is 4.79 Å². The molecule has 1 N–H and O–H groups in total. The fraction of sp³-hybridized carbons (Fsp3) is 0.846. The summed E-state index contributed by atoms with van der Waals surface area (Å²) in [4.78, 5) is 24.7. The highest BCUT2D eigenvalue weighted by Gasteiger charge is 2.47. The molecule has 0 unspecified atom stereocenters. The van der Waals surface area contributed by atoms with Crippen molar-refractivity contribution >= 4 is 12.1 Å². The SMILES string of the molecule is CC(C)(C)OC(=O)N1C[C@H](C(=O)O)[C@@H](C2CC2)C1. The molecule has 0 aromatic carbocycles. The molecule has 5 nitrogen and oxygen atoms in total. The molecular weight excluding hydrogens is 234 g/mol. The second kappa shape index (κ2) is 4.44. The van der Waals surface area contributed by atoms with Crippen molar-refractivity contribution in [1.82, 2.24) is 4.90 Å². The number of amides is 1. The van der Waals surface area contributed by atoms with Gasteiger partial charge in [0.2, 0.25) is 0 Å². The van der Waals surface area contributed by atoms with E-state index in [1.54, 1.807) is 4.90 Å². The molecule has 5 heteroatoms. The highest BCUT2D eigenvalue weighted by molar-refractivity contribution is 5.74. The van der Waals surface area contributed by atoms with Crippen LogP contribution in [0, 0.1) is 17.8 Å². The van der Waals surface area contributed by atoms with Gasteiger partial charge in [-0.1, -0.05) is 0 Å². The molecule has 2 aliphatic rings. The topological polar surface area (TPSA) is 66.8 Å². The number of likely N-dealkylation sites (tertiary alicyclic amines) is 1. The van der Waals surface area contributed by atoms with Crippen LogP contribution in [0.25, 0.3) is 0 Å². The summed E-state index contributed by atoms with van der Waals surface area (Å²) in [5.41, 5.74) is -0.534. The minimum absolute atomic E-state index is 0.106. The molecule has 0 radical (unpaired) electrons. The summed E-state index contributed by atoms with van der Waals surface area (Å²) in [6.45, 7) is 6.25. The van der Waals surface area contributed by atoms with Gasteiger partial charge in [-0.25, -0.2) is 4.79 Å². The van der Waals surface area contributed by atoms with Gasteiger partial charge in [-0.2, -0.15) is 0 Å². The highest BCUT2D eigenvalue weighted by atomic mass is 16.6. The zero-order valence-corrected chi connectivity index (χ0v) is 11.2. The van der Waals surface area contributed by atoms with E-state index < -0.39 is 23.6 Å². The molecule has 2 atom stereocenters. The lowest BCUT2D eigenvalue weighted by Crippen LogP contribution is -2.36. The van der Waals surface area contributed by atoms with Gasteiger partial charge in [0.05, 0.1) is 5.92 Å². The zero-order valence-electron chi connectivity index (χ0n) is 11.2. The molecule has 0 bridgehead atoms. The maximum atomic E-state index is 11.9. The van der Waals surface area contributed by atoms with Crippen LogP contribution in [-0.4, -0.2) is 40.8 Å². The molecule has 102 valence electrons. The average Bonchev–Trinajstić information content (AvgIpc) is 2.94. The normalized spacial score (nSPS) is 28.3. The Morgan fingerprint density at radius 1 is 1.22 bits per heavy atom. The molecule has 1 aliphatic carbocycles. The number of carbonyl (C=O) groups is 2. The van der Waals surface area contributed by atoms with Gasteiger partial charge in [-0.05, 0) is 45.4 Å². The van der Waals surface area contributed by atoms with Crippen LogP contribution in [0.5, 0.6) is 0 Å². The molecule has 0 aromatic rings. The van der Waals surface area contributed by atoms with Crippen molar-refractivity contribution < 1.29 is 19.4 Å². The Bertz CT molecular complexity index is 356. The monoisotopic (exact) mass is 255 g/mol. The highest BCUT2D eigenvalue weighted by Crippen LogP contribution is 2.44. The Morgan fingerprint density at radius 3 is 2.28 bits per heavy atom. The summed E-state index contributed by atoms with van der Waals surface area (Å²) in [5.74, 6) is -0.628. The molecule has 0 aromatic heterocycles. The van der Waals surface area contributed by atoms with Crippen LogP contribution in [0.4, 0.5) is 4.79 Å². The van der Waals surface area contributed by atoms with Crippen LogP contribution in [0.15, 0.2) is 0 Å². The molecule has 1 amide bonds. The van der Waals surface area contributed by atoms with Gasteiger partial charge in [-0.15, -0.1) is 0 Å². The number of carboxylic acids is 1. The van der Waals surface area contributed by atoms with E-state index in [0.717, 1.165) is 12.8 Å². The van der Waals surface area contributed by atoms with Crippen LogP contribution < -0.4 is 0 Å². The van der Waals surface area contributed by atoms with Crippen LogP contribution in [0.1, 0.15) is 33.6 Å². The molecule has 0 spiro atoms. The zero-order chi connectivity index (χ0) is 13.5. The van der Waals surface area contributed by atoms with Gasteiger partial charge >= 0.3 is 12.1 Å². The van der Waals surface area contributed by atoms with Gasteiger partial charge in [0.1, 0.15) is 5.60 Å².